The highest BCUT2D eigenvalue weighted by atomic mass is 32.2. The maximum atomic E-state index is 13.9. The van der Waals surface area contributed by atoms with Gasteiger partial charge in [-0.25, -0.2) is 18.2 Å². The third-order valence-corrected chi connectivity index (χ3v) is 7.78. The summed E-state index contributed by atoms with van der Waals surface area (Å²) in [6.07, 6.45) is -3.92. The van der Waals surface area contributed by atoms with Gasteiger partial charge in [-0.15, -0.1) is 0 Å². The quantitative estimate of drug-likeness (QED) is 0.339. The minimum Gasteiger partial charge on any atom is -0.478 e. The van der Waals surface area contributed by atoms with Crippen molar-refractivity contribution in [3.05, 3.63) is 94.8 Å². The normalized spacial score (nSPS) is 13.3. The Balaban J connectivity index is 1.91. The van der Waals surface area contributed by atoms with E-state index < -0.39 is 32.8 Å². The average molecular weight is 503 g/mol. The number of sulfone groups is 1. The molecular weight excluding hydrogens is 481 g/mol. The van der Waals surface area contributed by atoms with Crippen molar-refractivity contribution in [3.63, 3.8) is 0 Å². The SMILES string of the molecule is CC(C)c1cccc(S(=O)(=O)C(c2ccc(C(=O)O)cc2)c2cc3cc(C(F)(F)F)cnc3[nH]2)c1. The molecule has 2 aromatic carbocycles. The van der Waals surface area contributed by atoms with E-state index >= 15 is 0 Å². The summed E-state index contributed by atoms with van der Waals surface area (Å²) >= 11 is 0. The standard InChI is InChI=1S/C25H21F3N2O4S/c1-14(2)17-4-3-5-20(11-17)35(33,34)22(15-6-8-16(9-7-15)24(31)32)21-12-18-10-19(25(26,27)28)13-29-23(18)30-21/h3-14,22H,1-2H3,(H,29,30)(H,31,32). The number of alkyl halides is 3. The number of rotatable bonds is 6. The van der Waals surface area contributed by atoms with Crippen molar-refractivity contribution in [1.29, 1.82) is 0 Å². The third-order valence-electron chi connectivity index (χ3n) is 5.72. The number of aromatic carboxylic acids is 1. The third kappa shape index (κ3) is 4.79. The van der Waals surface area contributed by atoms with Crippen LogP contribution in [0.4, 0.5) is 13.2 Å². The van der Waals surface area contributed by atoms with E-state index in [4.69, 9.17) is 0 Å². The van der Waals surface area contributed by atoms with Gasteiger partial charge in [-0.05, 0) is 53.4 Å². The molecule has 10 heteroatoms. The molecule has 0 aliphatic rings. The Bertz CT molecular complexity index is 1510. The highest BCUT2D eigenvalue weighted by molar-refractivity contribution is 7.91. The van der Waals surface area contributed by atoms with Crippen LogP contribution in [0.5, 0.6) is 0 Å². The van der Waals surface area contributed by atoms with E-state index in [1.165, 1.54) is 36.4 Å². The minimum atomic E-state index is -4.60. The zero-order valence-electron chi connectivity index (χ0n) is 18.7. The summed E-state index contributed by atoms with van der Waals surface area (Å²) in [4.78, 5) is 18.0. The van der Waals surface area contributed by atoms with Gasteiger partial charge < -0.3 is 10.1 Å². The molecule has 2 heterocycles. The molecule has 4 aromatic rings. The predicted molar refractivity (Wildman–Crippen MR) is 124 cm³/mol. The van der Waals surface area contributed by atoms with Gasteiger partial charge in [0, 0.05) is 17.3 Å². The number of hydrogen-bond donors (Lipinski definition) is 2. The molecule has 1 atom stereocenters. The van der Waals surface area contributed by atoms with E-state index in [0.29, 0.717) is 6.20 Å². The molecule has 0 spiro atoms. The number of aromatic amines is 1. The smallest absolute Gasteiger partial charge is 0.417 e. The Morgan fingerprint density at radius 2 is 1.69 bits per heavy atom. The lowest BCUT2D eigenvalue weighted by Gasteiger charge is -2.18. The number of halogens is 3. The molecule has 2 N–H and O–H groups in total. The number of nitrogens with one attached hydrogen (secondary N) is 1. The molecule has 0 amide bonds. The van der Waals surface area contributed by atoms with Gasteiger partial charge in [-0.2, -0.15) is 13.2 Å². The zero-order valence-corrected chi connectivity index (χ0v) is 19.5. The van der Waals surface area contributed by atoms with Gasteiger partial charge in [0.05, 0.1) is 16.0 Å². The summed E-state index contributed by atoms with van der Waals surface area (Å²) in [6, 6.07) is 14.1. The average Bonchev–Trinajstić information content (AvgIpc) is 3.21. The second-order valence-electron chi connectivity index (χ2n) is 8.46. The predicted octanol–water partition coefficient (Wildman–Crippen LogP) is 5.97. The molecule has 0 fully saturated rings. The first-order chi connectivity index (χ1) is 16.4. The van der Waals surface area contributed by atoms with E-state index in [-0.39, 0.29) is 38.7 Å². The number of H-pyrrole nitrogens is 1. The molecule has 0 aliphatic carbocycles. The molecule has 0 bridgehead atoms. The van der Waals surface area contributed by atoms with Crippen molar-refractivity contribution in [3.8, 4) is 0 Å². The summed E-state index contributed by atoms with van der Waals surface area (Å²) in [6.45, 7) is 3.85. The summed E-state index contributed by atoms with van der Waals surface area (Å²) in [5.74, 6) is -1.11. The maximum absolute atomic E-state index is 13.9. The molecule has 0 saturated carbocycles. The van der Waals surface area contributed by atoms with E-state index in [1.54, 1.807) is 12.1 Å². The molecule has 0 radical (unpaired) electrons. The lowest BCUT2D eigenvalue weighted by molar-refractivity contribution is -0.137. The number of nitrogens with zero attached hydrogens (tertiary/aromatic N) is 1. The van der Waals surface area contributed by atoms with Crippen LogP contribution in [0.1, 0.15) is 57.8 Å². The van der Waals surface area contributed by atoms with Gasteiger partial charge in [0.25, 0.3) is 0 Å². The van der Waals surface area contributed by atoms with Gasteiger partial charge >= 0.3 is 12.1 Å². The first-order valence-electron chi connectivity index (χ1n) is 10.6. The van der Waals surface area contributed by atoms with Crippen molar-refractivity contribution in [2.24, 2.45) is 0 Å². The van der Waals surface area contributed by atoms with Crippen LogP contribution in [0.2, 0.25) is 0 Å². The van der Waals surface area contributed by atoms with Crippen molar-refractivity contribution in [2.75, 3.05) is 0 Å². The van der Waals surface area contributed by atoms with E-state index in [2.05, 4.69) is 9.97 Å². The Morgan fingerprint density at radius 3 is 2.29 bits per heavy atom. The number of carbonyl (C=O) groups is 1. The number of benzene rings is 2. The van der Waals surface area contributed by atoms with Crippen LogP contribution in [0.25, 0.3) is 11.0 Å². The number of fused-ring (bicyclic) bond motifs is 1. The number of pyridine rings is 1. The number of carboxylic acid groups (broad SMARTS) is 1. The molecule has 1 unspecified atom stereocenters. The summed E-state index contributed by atoms with van der Waals surface area (Å²) in [7, 11) is -4.11. The Labute approximate surface area is 199 Å². The largest absolute Gasteiger partial charge is 0.478 e. The molecule has 2 aromatic heterocycles. The van der Waals surface area contributed by atoms with Crippen molar-refractivity contribution >= 4 is 26.8 Å². The molecule has 0 aliphatic heterocycles. The Hall–Kier alpha value is -3.66. The fourth-order valence-electron chi connectivity index (χ4n) is 3.85. The summed E-state index contributed by atoms with van der Waals surface area (Å²) in [5, 5.41) is 7.98. The second kappa shape index (κ2) is 8.84. The van der Waals surface area contributed by atoms with Crippen LogP contribution in [-0.4, -0.2) is 29.5 Å². The molecular formula is C25H21F3N2O4S. The fraction of sp³-hybridized carbons (Fsp3) is 0.200. The van der Waals surface area contributed by atoms with E-state index in [1.807, 2.05) is 19.9 Å². The number of hydrogen-bond acceptors (Lipinski definition) is 4. The maximum Gasteiger partial charge on any atom is 0.417 e. The lowest BCUT2D eigenvalue weighted by Crippen LogP contribution is -2.16. The first kappa shape index (κ1) is 24.5. The van der Waals surface area contributed by atoms with Crippen LogP contribution < -0.4 is 0 Å². The van der Waals surface area contributed by atoms with Gasteiger partial charge in [0.1, 0.15) is 10.9 Å². The van der Waals surface area contributed by atoms with Gasteiger partial charge in [0.15, 0.2) is 9.84 Å². The number of carboxylic acids is 1. The highest BCUT2D eigenvalue weighted by Gasteiger charge is 2.34. The number of aromatic nitrogens is 2. The van der Waals surface area contributed by atoms with Crippen LogP contribution in [0.3, 0.4) is 0 Å². The monoisotopic (exact) mass is 502 g/mol. The molecule has 6 nitrogen and oxygen atoms in total. The van der Waals surface area contributed by atoms with Gasteiger partial charge in [-0.1, -0.05) is 38.1 Å². The zero-order chi connectivity index (χ0) is 25.5. The fourth-order valence-corrected chi connectivity index (χ4v) is 5.66. The van der Waals surface area contributed by atoms with Gasteiger partial charge in [0.2, 0.25) is 0 Å². The van der Waals surface area contributed by atoms with Crippen molar-refractivity contribution < 1.29 is 31.5 Å². The van der Waals surface area contributed by atoms with Crippen molar-refractivity contribution in [2.45, 2.75) is 36.1 Å². The summed E-state index contributed by atoms with van der Waals surface area (Å²) in [5.41, 5.74) is 0.299. The molecule has 0 saturated heterocycles. The minimum absolute atomic E-state index is 0.0279. The molecule has 4 rings (SSSR count). The van der Waals surface area contributed by atoms with E-state index in [9.17, 15) is 31.5 Å². The van der Waals surface area contributed by atoms with Crippen molar-refractivity contribution in [1.82, 2.24) is 9.97 Å². The molecule has 182 valence electrons. The topological polar surface area (TPSA) is 100 Å². The van der Waals surface area contributed by atoms with Crippen LogP contribution in [0, 0.1) is 0 Å². The van der Waals surface area contributed by atoms with Crippen LogP contribution >= 0.6 is 0 Å². The Kier molecular flexibility index (Phi) is 6.18. The Morgan fingerprint density at radius 1 is 1.00 bits per heavy atom. The van der Waals surface area contributed by atoms with Gasteiger partial charge in [-0.3, -0.25) is 0 Å². The lowest BCUT2D eigenvalue weighted by atomic mass is 10.0. The van der Waals surface area contributed by atoms with Crippen LogP contribution in [0.15, 0.2) is 71.8 Å². The second-order valence-corrected chi connectivity index (χ2v) is 10.5. The van der Waals surface area contributed by atoms with Crippen LogP contribution in [-0.2, 0) is 16.0 Å². The molecule has 35 heavy (non-hydrogen) atoms. The highest BCUT2D eigenvalue weighted by Crippen LogP contribution is 2.38. The van der Waals surface area contributed by atoms with E-state index in [0.717, 1.165) is 11.6 Å². The first-order valence-corrected chi connectivity index (χ1v) is 12.2. The summed E-state index contributed by atoms with van der Waals surface area (Å²) < 4.78 is 67.3.